The van der Waals surface area contributed by atoms with Gasteiger partial charge in [-0.1, -0.05) is 18.2 Å². The third-order valence-corrected chi connectivity index (χ3v) is 6.95. The lowest BCUT2D eigenvalue weighted by Crippen LogP contribution is -2.53. The van der Waals surface area contributed by atoms with Gasteiger partial charge < -0.3 is 24.4 Å². The predicted molar refractivity (Wildman–Crippen MR) is 141 cm³/mol. The number of rotatable bonds is 8. The van der Waals surface area contributed by atoms with E-state index in [1.54, 1.807) is 49.2 Å². The van der Waals surface area contributed by atoms with Gasteiger partial charge >= 0.3 is 12.0 Å². The molecule has 1 fully saturated rings. The minimum absolute atomic E-state index is 0.0414. The Balaban J connectivity index is 1.61. The van der Waals surface area contributed by atoms with Crippen LogP contribution in [0.3, 0.4) is 0 Å². The molecule has 2 aromatic rings. The number of urea groups is 1. The van der Waals surface area contributed by atoms with Crippen molar-refractivity contribution >= 4 is 17.9 Å². The monoisotopic (exact) mass is 540 g/mol. The molecule has 11 heteroatoms. The number of nitrogens with zero attached hydrogens (tertiary/aromatic N) is 3. The summed E-state index contributed by atoms with van der Waals surface area (Å²) in [6.45, 7) is 3.90. The Hall–Kier alpha value is -4.12. The Morgan fingerprint density at radius 3 is 2.36 bits per heavy atom. The number of halogens is 1. The molecule has 208 valence electrons. The fourth-order valence-electron chi connectivity index (χ4n) is 4.81. The lowest BCUT2D eigenvalue weighted by Gasteiger charge is -2.39. The van der Waals surface area contributed by atoms with Crippen LogP contribution in [0.1, 0.15) is 28.9 Å². The highest BCUT2D eigenvalue weighted by Gasteiger charge is 2.38. The number of hydrogen-bond donors (Lipinski definition) is 1. The predicted octanol–water partition coefficient (Wildman–Crippen LogP) is 2.81. The number of benzene rings is 2. The van der Waals surface area contributed by atoms with Crippen LogP contribution >= 0.6 is 0 Å². The van der Waals surface area contributed by atoms with Crippen LogP contribution in [0.5, 0.6) is 11.5 Å². The fourth-order valence-corrected chi connectivity index (χ4v) is 4.81. The number of esters is 1. The molecule has 3 amide bonds. The molecule has 0 saturated carbocycles. The van der Waals surface area contributed by atoms with Gasteiger partial charge in [0.1, 0.15) is 5.82 Å². The van der Waals surface area contributed by atoms with E-state index in [4.69, 9.17) is 14.2 Å². The van der Waals surface area contributed by atoms with Crippen LogP contribution in [-0.4, -0.2) is 93.2 Å². The maximum Gasteiger partial charge on any atom is 0.338 e. The second-order valence-corrected chi connectivity index (χ2v) is 9.18. The molecule has 0 aromatic heterocycles. The molecule has 2 aliphatic rings. The molecule has 0 unspecified atom stereocenters. The standard InChI is InChI=1S/C28H33FN4O6/c1-5-39-27(35)24-21(17-32-12-14-33(15-13-32)26(34)19-8-6-7-9-20(19)29)31(2)28(36)30-25(24)18-10-11-22(37-3)23(16-18)38-4/h6-11,16,25H,5,12-15,17H2,1-4H3,(H,30,36)/t25-/m1/s1. The van der Waals surface area contributed by atoms with E-state index < -0.39 is 17.8 Å². The molecule has 1 saturated heterocycles. The quantitative estimate of drug-likeness (QED) is 0.514. The molecule has 0 aliphatic carbocycles. The topological polar surface area (TPSA) is 101 Å². The zero-order valence-electron chi connectivity index (χ0n) is 22.5. The first-order valence-electron chi connectivity index (χ1n) is 12.7. The number of ether oxygens (including phenoxy) is 3. The largest absolute Gasteiger partial charge is 0.493 e. The highest BCUT2D eigenvalue weighted by molar-refractivity contribution is 5.95. The second-order valence-electron chi connectivity index (χ2n) is 9.18. The van der Waals surface area contributed by atoms with Gasteiger partial charge in [0, 0.05) is 45.5 Å². The van der Waals surface area contributed by atoms with E-state index in [0.29, 0.717) is 54.5 Å². The number of carbonyl (C=O) groups excluding carboxylic acids is 3. The Labute approximate surface area is 226 Å². The van der Waals surface area contributed by atoms with E-state index in [9.17, 15) is 18.8 Å². The van der Waals surface area contributed by atoms with E-state index in [1.807, 2.05) is 0 Å². The summed E-state index contributed by atoms with van der Waals surface area (Å²) in [7, 11) is 4.65. The van der Waals surface area contributed by atoms with Crippen molar-refractivity contribution in [3.05, 3.63) is 70.7 Å². The highest BCUT2D eigenvalue weighted by Crippen LogP contribution is 2.36. The van der Waals surface area contributed by atoms with Crippen LogP contribution in [0.4, 0.5) is 9.18 Å². The minimum Gasteiger partial charge on any atom is -0.493 e. The molecule has 0 bridgehead atoms. The maximum atomic E-state index is 14.1. The average Bonchev–Trinajstić information content (AvgIpc) is 2.95. The van der Waals surface area contributed by atoms with Gasteiger partial charge in [-0.15, -0.1) is 0 Å². The molecule has 1 atom stereocenters. The van der Waals surface area contributed by atoms with Crippen molar-refractivity contribution < 1.29 is 33.0 Å². The normalized spacial score (nSPS) is 18.1. The molecule has 2 aromatic carbocycles. The molecule has 0 spiro atoms. The fraction of sp³-hybridized carbons (Fsp3) is 0.393. The average molecular weight is 541 g/mol. The summed E-state index contributed by atoms with van der Waals surface area (Å²) in [5.41, 5.74) is 1.50. The minimum atomic E-state index is -0.772. The SMILES string of the molecule is CCOC(=O)C1=C(CN2CCN(C(=O)c3ccccc3F)CC2)N(C)C(=O)N[C@@H]1c1ccc(OC)c(OC)c1. The number of hydrogen-bond acceptors (Lipinski definition) is 7. The molecule has 4 rings (SSSR count). The summed E-state index contributed by atoms with van der Waals surface area (Å²) in [4.78, 5) is 44.2. The summed E-state index contributed by atoms with van der Waals surface area (Å²) < 4.78 is 30.3. The van der Waals surface area contributed by atoms with Gasteiger partial charge in [0.25, 0.3) is 5.91 Å². The molecular formula is C28H33FN4O6. The van der Waals surface area contributed by atoms with E-state index in [-0.39, 0.29) is 30.7 Å². The number of carbonyl (C=O) groups is 3. The third kappa shape index (κ3) is 5.83. The van der Waals surface area contributed by atoms with Crippen molar-refractivity contribution in [3.63, 3.8) is 0 Å². The van der Waals surface area contributed by atoms with E-state index >= 15 is 0 Å². The van der Waals surface area contributed by atoms with Gasteiger partial charge in [-0.3, -0.25) is 14.6 Å². The molecule has 2 heterocycles. The van der Waals surface area contributed by atoms with Gasteiger partial charge in [0.05, 0.1) is 38.0 Å². The van der Waals surface area contributed by atoms with E-state index in [0.717, 1.165) is 0 Å². The Bertz CT molecular complexity index is 1270. The smallest absolute Gasteiger partial charge is 0.338 e. The highest BCUT2D eigenvalue weighted by atomic mass is 19.1. The summed E-state index contributed by atoms with van der Waals surface area (Å²) in [5.74, 6) is -0.464. The zero-order valence-corrected chi connectivity index (χ0v) is 22.5. The lowest BCUT2D eigenvalue weighted by molar-refractivity contribution is -0.139. The van der Waals surface area contributed by atoms with Crippen molar-refractivity contribution in [2.24, 2.45) is 0 Å². The first kappa shape index (κ1) is 27.9. The molecule has 0 radical (unpaired) electrons. The summed E-state index contributed by atoms with van der Waals surface area (Å²) in [5, 5.41) is 2.90. The van der Waals surface area contributed by atoms with Crippen LogP contribution in [0.15, 0.2) is 53.7 Å². The number of nitrogens with one attached hydrogen (secondary N) is 1. The van der Waals surface area contributed by atoms with Gasteiger partial charge in [0.15, 0.2) is 11.5 Å². The number of methoxy groups -OCH3 is 2. The van der Waals surface area contributed by atoms with Crippen LogP contribution in [0.25, 0.3) is 0 Å². The Morgan fingerprint density at radius 1 is 1.03 bits per heavy atom. The summed E-state index contributed by atoms with van der Waals surface area (Å²) >= 11 is 0. The number of amides is 3. The third-order valence-electron chi connectivity index (χ3n) is 6.95. The number of piperazine rings is 1. The lowest BCUT2D eigenvalue weighted by atomic mass is 9.94. The van der Waals surface area contributed by atoms with Gasteiger partial charge in [0.2, 0.25) is 0 Å². The number of likely N-dealkylation sites (N-methyl/N-ethyl adjacent to an activating group) is 1. The van der Waals surface area contributed by atoms with Gasteiger partial charge in [-0.05, 0) is 36.8 Å². The van der Waals surface area contributed by atoms with Crippen molar-refractivity contribution in [2.45, 2.75) is 13.0 Å². The first-order chi connectivity index (χ1) is 18.8. The van der Waals surface area contributed by atoms with Gasteiger partial charge in [-0.2, -0.15) is 0 Å². The van der Waals surface area contributed by atoms with Gasteiger partial charge in [-0.25, -0.2) is 14.0 Å². The summed E-state index contributed by atoms with van der Waals surface area (Å²) in [6.07, 6.45) is 0. The van der Waals surface area contributed by atoms with E-state index in [1.165, 1.54) is 31.3 Å². The zero-order chi connectivity index (χ0) is 28.1. The Kier molecular flexibility index (Phi) is 8.70. The maximum absolute atomic E-state index is 14.1. The van der Waals surface area contributed by atoms with Crippen molar-refractivity contribution in [3.8, 4) is 11.5 Å². The van der Waals surface area contributed by atoms with E-state index in [2.05, 4.69) is 10.2 Å². The molecule has 2 aliphatic heterocycles. The second kappa shape index (κ2) is 12.2. The molecule has 1 N–H and O–H groups in total. The molecule has 10 nitrogen and oxygen atoms in total. The molecular weight excluding hydrogens is 507 g/mol. The summed E-state index contributed by atoms with van der Waals surface area (Å²) in [6, 6.07) is 9.99. The van der Waals surface area contributed by atoms with Crippen LogP contribution < -0.4 is 14.8 Å². The van der Waals surface area contributed by atoms with Crippen LogP contribution in [-0.2, 0) is 9.53 Å². The van der Waals surface area contributed by atoms with Crippen LogP contribution in [0.2, 0.25) is 0 Å². The van der Waals surface area contributed by atoms with Crippen molar-refractivity contribution in [2.75, 3.05) is 60.6 Å². The molecule has 39 heavy (non-hydrogen) atoms. The van der Waals surface area contributed by atoms with Crippen molar-refractivity contribution in [1.82, 2.24) is 20.0 Å². The first-order valence-corrected chi connectivity index (χ1v) is 12.7. The Morgan fingerprint density at radius 2 is 1.72 bits per heavy atom. The van der Waals surface area contributed by atoms with Crippen LogP contribution in [0, 0.1) is 5.82 Å². The van der Waals surface area contributed by atoms with Crippen molar-refractivity contribution in [1.29, 1.82) is 0 Å².